The minimum atomic E-state index is 0.941. The van der Waals surface area contributed by atoms with Gasteiger partial charge in [-0.1, -0.05) is 78.9 Å². The summed E-state index contributed by atoms with van der Waals surface area (Å²) in [5.74, 6) is 16.4. The fourth-order valence-electron chi connectivity index (χ4n) is 20.3. The Morgan fingerprint density at radius 3 is 1.21 bits per heavy atom. The van der Waals surface area contributed by atoms with E-state index in [2.05, 4.69) is 36.1 Å². The van der Waals surface area contributed by atoms with E-state index in [1.165, 1.54) is 103 Å². The maximum atomic E-state index is 2.68. The van der Waals surface area contributed by atoms with Crippen LogP contribution in [-0.2, 0) is 0 Å². The molecule has 0 nitrogen and oxygen atoms in total. The third-order valence-electron chi connectivity index (χ3n) is 22.0. The van der Waals surface area contributed by atoms with Crippen LogP contribution in [0.2, 0.25) is 0 Å². The summed E-state index contributed by atoms with van der Waals surface area (Å²) < 4.78 is 0. The standard InChI is InChI=1S/C56H82/c1-33-27-47(37-17-5-3-15-35(33)37)49-29-51(41-21-9-7-19-39(41)49)53-31-55(45-25-13-11-23-43(45)53)56-32-54(44-24-12-14-26-46(44)56)52-30-50(40-20-8-10-22-42(40)52)48-28-34(2)36-16-4-6-18-38(36)48/h33,35,37,40,42-43,45,47,49-56H,3-32H2,1-2H3. The minimum Gasteiger partial charge on any atom is -0.0673 e. The Morgan fingerprint density at radius 1 is 0.304 bits per heavy atom. The molecule has 7 saturated carbocycles. The van der Waals surface area contributed by atoms with Gasteiger partial charge >= 0.3 is 0 Å². The van der Waals surface area contributed by atoms with E-state index in [4.69, 9.17) is 0 Å². The predicted molar refractivity (Wildman–Crippen MR) is 234 cm³/mol. The maximum Gasteiger partial charge on any atom is -0.00965 e. The van der Waals surface area contributed by atoms with Gasteiger partial charge in [-0.25, -0.2) is 0 Å². The average Bonchev–Trinajstić information content (AvgIpc) is 4.10. The molecule has 0 radical (unpaired) electrons. The zero-order chi connectivity index (χ0) is 37.1. The normalized spacial score (nSPS) is 49.0. The van der Waals surface area contributed by atoms with Gasteiger partial charge in [-0.2, -0.15) is 0 Å². The smallest absolute Gasteiger partial charge is 0.00965 e. The van der Waals surface area contributed by atoms with Gasteiger partial charge < -0.3 is 0 Å². The molecule has 0 amide bonds. The lowest BCUT2D eigenvalue weighted by molar-refractivity contribution is 0.143. The second-order valence-corrected chi connectivity index (χ2v) is 23.8. The SMILES string of the molecule is CC1=C2CCCCC2=C(C2CC(C3CC(C4CC(C5CC(C6CC(C)C7CCCCC76)C6=C5CCCC6)C5CCCCC45)C4=C3CCCC4)C3CCCCC23)C1. The highest BCUT2D eigenvalue weighted by atomic mass is 14.6. The molecule has 16 atom stereocenters. The highest BCUT2D eigenvalue weighted by Crippen LogP contribution is 2.67. The van der Waals surface area contributed by atoms with Crippen LogP contribution in [0.1, 0.15) is 206 Å². The first-order chi connectivity index (χ1) is 27.6. The second-order valence-electron chi connectivity index (χ2n) is 23.8. The molecule has 306 valence electrons. The lowest BCUT2D eigenvalue weighted by Gasteiger charge is -2.37. The molecule has 0 aromatic heterocycles. The molecule has 0 heteroatoms. The molecule has 0 bridgehead atoms. The molecular formula is C56H82. The van der Waals surface area contributed by atoms with Gasteiger partial charge in [0.15, 0.2) is 0 Å². The molecular weight excluding hydrogens is 673 g/mol. The lowest BCUT2D eigenvalue weighted by atomic mass is 9.68. The Balaban J connectivity index is 0.835. The fourth-order valence-corrected chi connectivity index (χ4v) is 20.3. The number of rotatable bonds is 5. The number of allylic oxidation sites excluding steroid dienone is 8. The van der Waals surface area contributed by atoms with Gasteiger partial charge in [0, 0.05) is 0 Å². The van der Waals surface area contributed by atoms with E-state index in [0.29, 0.717) is 0 Å². The predicted octanol–water partition coefficient (Wildman–Crippen LogP) is 15.9. The summed E-state index contributed by atoms with van der Waals surface area (Å²) in [6.45, 7) is 5.21. The van der Waals surface area contributed by atoms with E-state index < -0.39 is 0 Å². The van der Waals surface area contributed by atoms with Crippen LogP contribution in [0.4, 0.5) is 0 Å². The van der Waals surface area contributed by atoms with Gasteiger partial charge in [-0.15, -0.1) is 0 Å². The number of hydrogen-bond donors (Lipinski definition) is 0. The molecule has 0 aromatic carbocycles. The molecule has 0 heterocycles. The molecule has 7 fully saturated rings. The van der Waals surface area contributed by atoms with Crippen molar-refractivity contribution in [3.05, 3.63) is 44.6 Å². The van der Waals surface area contributed by atoms with Crippen LogP contribution in [0.25, 0.3) is 0 Å². The third-order valence-corrected chi connectivity index (χ3v) is 22.0. The van der Waals surface area contributed by atoms with Crippen molar-refractivity contribution in [1.82, 2.24) is 0 Å². The molecule has 0 saturated heterocycles. The van der Waals surface area contributed by atoms with Crippen molar-refractivity contribution in [3.63, 3.8) is 0 Å². The Kier molecular flexibility index (Phi) is 9.75. The van der Waals surface area contributed by atoms with Crippen LogP contribution >= 0.6 is 0 Å². The molecule has 0 spiro atoms. The number of hydrogen-bond acceptors (Lipinski definition) is 0. The summed E-state index contributed by atoms with van der Waals surface area (Å²) in [7, 11) is 0. The molecule has 56 heavy (non-hydrogen) atoms. The molecule has 12 rings (SSSR count). The van der Waals surface area contributed by atoms with E-state index in [0.717, 1.165) is 94.7 Å². The Hall–Kier alpha value is -1.04. The lowest BCUT2D eigenvalue weighted by Crippen LogP contribution is -2.29. The van der Waals surface area contributed by atoms with Crippen molar-refractivity contribution < 1.29 is 0 Å². The minimum absolute atomic E-state index is 0.941. The molecule has 0 aromatic rings. The highest BCUT2D eigenvalue weighted by molar-refractivity contribution is 5.49. The van der Waals surface area contributed by atoms with Crippen LogP contribution < -0.4 is 0 Å². The molecule has 12 aliphatic rings. The maximum absolute atomic E-state index is 2.68. The quantitative estimate of drug-likeness (QED) is 0.245. The van der Waals surface area contributed by atoms with E-state index >= 15 is 0 Å². The second kappa shape index (κ2) is 14.8. The average molecular weight is 755 g/mol. The van der Waals surface area contributed by atoms with Gasteiger partial charge in [0.25, 0.3) is 0 Å². The molecule has 0 aliphatic heterocycles. The Labute approximate surface area is 344 Å². The first-order valence-electron chi connectivity index (χ1n) is 26.5. The van der Waals surface area contributed by atoms with Crippen molar-refractivity contribution in [2.75, 3.05) is 0 Å². The Morgan fingerprint density at radius 2 is 0.679 bits per heavy atom. The van der Waals surface area contributed by atoms with E-state index in [1.54, 1.807) is 95.5 Å². The van der Waals surface area contributed by atoms with Crippen molar-refractivity contribution in [2.45, 2.75) is 206 Å². The molecule has 0 N–H and O–H groups in total. The summed E-state index contributed by atoms with van der Waals surface area (Å²) in [5.41, 5.74) is 16.1. The summed E-state index contributed by atoms with van der Waals surface area (Å²) in [6.07, 6.45) is 46.0. The van der Waals surface area contributed by atoms with Gasteiger partial charge in [-0.3, -0.25) is 0 Å². The zero-order valence-electron chi connectivity index (χ0n) is 36.5. The summed E-state index contributed by atoms with van der Waals surface area (Å²) in [5, 5.41) is 0. The summed E-state index contributed by atoms with van der Waals surface area (Å²) in [4.78, 5) is 0. The van der Waals surface area contributed by atoms with Crippen LogP contribution in [0, 0.1) is 94.7 Å². The van der Waals surface area contributed by atoms with Crippen LogP contribution in [0.15, 0.2) is 44.6 Å². The largest absolute Gasteiger partial charge is 0.0673 e. The van der Waals surface area contributed by atoms with Crippen molar-refractivity contribution in [1.29, 1.82) is 0 Å². The van der Waals surface area contributed by atoms with Crippen molar-refractivity contribution in [3.8, 4) is 0 Å². The van der Waals surface area contributed by atoms with Crippen molar-refractivity contribution in [2.24, 2.45) is 94.7 Å². The molecule has 12 aliphatic carbocycles. The van der Waals surface area contributed by atoms with Crippen LogP contribution in [0.5, 0.6) is 0 Å². The van der Waals surface area contributed by atoms with E-state index in [-0.39, 0.29) is 0 Å². The first-order valence-corrected chi connectivity index (χ1v) is 26.5. The van der Waals surface area contributed by atoms with Crippen molar-refractivity contribution >= 4 is 0 Å². The third kappa shape index (κ3) is 5.80. The highest BCUT2D eigenvalue weighted by Gasteiger charge is 2.58. The van der Waals surface area contributed by atoms with Gasteiger partial charge in [0.05, 0.1) is 0 Å². The zero-order valence-corrected chi connectivity index (χ0v) is 36.5. The van der Waals surface area contributed by atoms with Gasteiger partial charge in [-0.05, 0) is 267 Å². The monoisotopic (exact) mass is 755 g/mol. The van der Waals surface area contributed by atoms with Crippen LogP contribution in [0.3, 0.4) is 0 Å². The summed E-state index contributed by atoms with van der Waals surface area (Å²) in [6, 6.07) is 0. The van der Waals surface area contributed by atoms with Gasteiger partial charge in [0.2, 0.25) is 0 Å². The first kappa shape index (κ1) is 36.8. The van der Waals surface area contributed by atoms with Crippen LogP contribution in [-0.4, -0.2) is 0 Å². The van der Waals surface area contributed by atoms with E-state index in [1.807, 2.05) is 16.7 Å². The topological polar surface area (TPSA) is 0 Å². The Bertz CT molecular complexity index is 1660. The molecule has 16 unspecified atom stereocenters. The van der Waals surface area contributed by atoms with Gasteiger partial charge in [0.1, 0.15) is 0 Å². The fraction of sp³-hybridized carbons (Fsp3) is 0.857. The number of fused-ring (bicyclic) bond motifs is 4. The van der Waals surface area contributed by atoms with E-state index in [9.17, 15) is 0 Å². The summed E-state index contributed by atoms with van der Waals surface area (Å²) >= 11 is 0.